The zero-order valence-corrected chi connectivity index (χ0v) is 15.4. The fraction of sp³-hybridized carbons (Fsp3) is 0. The van der Waals surface area contributed by atoms with Crippen molar-refractivity contribution >= 4 is 43.6 Å². The first kappa shape index (κ1) is 17.0. The van der Waals surface area contributed by atoms with Crippen molar-refractivity contribution in [3.63, 3.8) is 0 Å². The van der Waals surface area contributed by atoms with Crippen molar-refractivity contribution in [3.05, 3.63) is 71.1 Å². The summed E-state index contributed by atoms with van der Waals surface area (Å²) in [6.07, 6.45) is 3.83. The maximum absolute atomic E-state index is 13.2. The highest BCUT2D eigenvalue weighted by atomic mass is 35.5. The Bertz CT molecular complexity index is 1170. The third kappa shape index (κ3) is 3.18. The number of benzene rings is 2. The first-order valence-electron chi connectivity index (χ1n) is 7.43. The second kappa shape index (κ2) is 6.39. The summed E-state index contributed by atoms with van der Waals surface area (Å²) in [6, 6.07) is 10.1. The minimum atomic E-state index is -3.86. The summed E-state index contributed by atoms with van der Waals surface area (Å²) in [5.74, 6) is -0.671. The van der Waals surface area contributed by atoms with E-state index in [1.54, 1.807) is 24.3 Å². The van der Waals surface area contributed by atoms with Crippen LogP contribution >= 0.6 is 22.9 Å². The number of nitrogens with zero attached hydrogens (tertiary/aromatic N) is 2. The fourth-order valence-electron chi connectivity index (χ4n) is 2.43. The van der Waals surface area contributed by atoms with E-state index in [9.17, 15) is 12.8 Å². The van der Waals surface area contributed by atoms with Crippen LogP contribution in [0.1, 0.15) is 0 Å². The number of hydrogen-bond acceptors (Lipinski definition) is 4. The lowest BCUT2D eigenvalue weighted by Crippen LogP contribution is -2.13. The van der Waals surface area contributed by atoms with Crippen molar-refractivity contribution in [2.45, 2.75) is 4.90 Å². The second-order valence-corrected chi connectivity index (χ2v) is 8.44. The molecule has 5 nitrogen and oxygen atoms in total. The highest BCUT2D eigenvalue weighted by Crippen LogP contribution is 2.25. The average Bonchev–Trinajstić information content (AvgIpc) is 3.19. The van der Waals surface area contributed by atoms with E-state index in [0.717, 1.165) is 34.4 Å². The van der Waals surface area contributed by atoms with E-state index in [1.165, 1.54) is 11.3 Å². The maximum atomic E-state index is 13.2. The molecule has 0 amide bonds. The second-order valence-electron chi connectivity index (χ2n) is 5.48. The number of hydrogen-bond donors (Lipinski definition) is 1. The zero-order valence-electron chi connectivity index (χ0n) is 13.1. The number of anilines is 1. The Labute approximate surface area is 157 Å². The molecule has 9 heteroatoms. The molecule has 0 aliphatic rings. The molecule has 4 aromatic rings. The number of nitrogens with one attached hydrogen (secondary N) is 1. The van der Waals surface area contributed by atoms with Gasteiger partial charge in [-0.05, 0) is 30.3 Å². The lowest BCUT2D eigenvalue weighted by atomic mass is 10.1. The summed E-state index contributed by atoms with van der Waals surface area (Å²) in [6.45, 7) is 0. The lowest BCUT2D eigenvalue weighted by molar-refractivity contribution is 0.599. The molecule has 0 fully saturated rings. The van der Waals surface area contributed by atoms with Gasteiger partial charge in [0.05, 0.1) is 15.6 Å². The maximum Gasteiger partial charge on any atom is 0.261 e. The molecule has 0 spiro atoms. The molecule has 1 N–H and O–H groups in total. The van der Waals surface area contributed by atoms with Gasteiger partial charge in [-0.3, -0.25) is 9.12 Å². The van der Waals surface area contributed by atoms with Crippen molar-refractivity contribution in [1.82, 2.24) is 9.38 Å². The minimum absolute atomic E-state index is 0.109. The van der Waals surface area contributed by atoms with E-state index >= 15 is 0 Å². The first-order valence-corrected chi connectivity index (χ1v) is 10.2. The number of fused-ring (bicyclic) bond motifs is 1. The van der Waals surface area contributed by atoms with Gasteiger partial charge in [0, 0.05) is 29.0 Å². The van der Waals surface area contributed by atoms with Gasteiger partial charge >= 0.3 is 0 Å². The summed E-state index contributed by atoms with van der Waals surface area (Å²) in [5, 5.41) is 1.70. The van der Waals surface area contributed by atoms with Gasteiger partial charge < -0.3 is 0 Å². The van der Waals surface area contributed by atoms with Crippen molar-refractivity contribution < 1.29 is 12.8 Å². The first-order chi connectivity index (χ1) is 12.4. The molecule has 132 valence electrons. The van der Waals surface area contributed by atoms with E-state index < -0.39 is 15.8 Å². The molecule has 0 bridgehead atoms. The molecule has 0 aliphatic heterocycles. The van der Waals surface area contributed by atoms with Crippen LogP contribution < -0.4 is 4.72 Å². The van der Waals surface area contributed by atoms with E-state index in [-0.39, 0.29) is 9.92 Å². The molecule has 0 aliphatic carbocycles. The fourth-order valence-corrected chi connectivity index (χ4v) is 4.46. The van der Waals surface area contributed by atoms with E-state index in [2.05, 4.69) is 9.71 Å². The third-order valence-electron chi connectivity index (χ3n) is 3.73. The Morgan fingerprint density at radius 1 is 1.15 bits per heavy atom. The van der Waals surface area contributed by atoms with E-state index in [0.29, 0.717) is 5.69 Å². The molecule has 0 unspecified atom stereocenters. The molecule has 0 saturated heterocycles. The quantitative estimate of drug-likeness (QED) is 0.535. The normalized spacial score (nSPS) is 11.8. The molecular formula is C17H11ClFN3O2S2. The molecule has 26 heavy (non-hydrogen) atoms. The van der Waals surface area contributed by atoms with Crippen LogP contribution in [-0.4, -0.2) is 17.8 Å². The Morgan fingerprint density at radius 2 is 1.92 bits per heavy atom. The standard InChI is InChI=1S/C17H11ClFN3O2S2/c18-14-9-13(5-6-15(14)19)26(23,24)21-12-3-1-11(2-4-12)16-10-22-7-8-25-17(22)20-16/h1-10,21H. The predicted octanol–water partition coefficient (Wildman–Crippen LogP) is 4.66. The number of aromatic nitrogens is 2. The van der Waals surface area contributed by atoms with Gasteiger partial charge in [-0.1, -0.05) is 23.7 Å². The predicted molar refractivity (Wildman–Crippen MR) is 101 cm³/mol. The Kier molecular flexibility index (Phi) is 4.18. The van der Waals surface area contributed by atoms with Gasteiger partial charge in [0.15, 0.2) is 4.96 Å². The minimum Gasteiger partial charge on any atom is -0.297 e. The lowest BCUT2D eigenvalue weighted by Gasteiger charge is -2.09. The number of imidazole rings is 1. The zero-order chi connectivity index (χ0) is 18.3. The molecule has 0 radical (unpaired) electrons. The molecule has 4 rings (SSSR count). The molecule has 0 atom stereocenters. The number of rotatable bonds is 4. The van der Waals surface area contributed by atoms with Crippen molar-refractivity contribution in [2.75, 3.05) is 4.72 Å². The van der Waals surface area contributed by atoms with Crippen LogP contribution in [0.15, 0.2) is 65.1 Å². The summed E-state index contributed by atoms with van der Waals surface area (Å²) < 4.78 is 42.4. The van der Waals surface area contributed by atoms with Crippen molar-refractivity contribution in [2.24, 2.45) is 0 Å². The van der Waals surface area contributed by atoms with Crippen LogP contribution in [0.4, 0.5) is 10.1 Å². The largest absolute Gasteiger partial charge is 0.297 e. The Balaban J connectivity index is 1.58. The average molecular weight is 408 g/mol. The van der Waals surface area contributed by atoms with Gasteiger partial charge in [0.25, 0.3) is 10.0 Å². The number of halogens is 2. The molecule has 2 heterocycles. The highest BCUT2D eigenvalue weighted by molar-refractivity contribution is 7.92. The summed E-state index contributed by atoms with van der Waals surface area (Å²) >= 11 is 7.20. The van der Waals surface area contributed by atoms with Crippen LogP contribution in [0.5, 0.6) is 0 Å². The molecule has 0 saturated carbocycles. The Morgan fingerprint density at radius 3 is 2.62 bits per heavy atom. The summed E-state index contributed by atoms with van der Waals surface area (Å²) in [4.78, 5) is 5.28. The van der Waals surface area contributed by atoms with Crippen LogP contribution in [0.25, 0.3) is 16.2 Å². The monoisotopic (exact) mass is 407 g/mol. The molecule has 2 aromatic heterocycles. The molecule has 2 aromatic carbocycles. The van der Waals surface area contributed by atoms with Crippen LogP contribution in [-0.2, 0) is 10.0 Å². The highest BCUT2D eigenvalue weighted by Gasteiger charge is 2.16. The third-order valence-corrected chi connectivity index (χ3v) is 6.17. The SMILES string of the molecule is O=S(=O)(Nc1ccc(-c2cn3ccsc3n2)cc1)c1ccc(F)c(Cl)c1. The molecular weight excluding hydrogens is 397 g/mol. The van der Waals surface area contributed by atoms with Gasteiger partial charge in [-0.2, -0.15) is 0 Å². The Hall–Kier alpha value is -2.42. The topological polar surface area (TPSA) is 63.5 Å². The van der Waals surface area contributed by atoms with Gasteiger partial charge in [-0.15, -0.1) is 11.3 Å². The van der Waals surface area contributed by atoms with Crippen molar-refractivity contribution in [3.8, 4) is 11.3 Å². The van der Waals surface area contributed by atoms with E-state index in [1.807, 2.05) is 22.2 Å². The number of thiazole rings is 1. The van der Waals surface area contributed by atoms with Crippen LogP contribution in [0, 0.1) is 5.82 Å². The van der Waals surface area contributed by atoms with E-state index in [4.69, 9.17) is 11.6 Å². The van der Waals surface area contributed by atoms with Gasteiger partial charge in [0.1, 0.15) is 5.82 Å². The summed E-state index contributed by atoms with van der Waals surface area (Å²) in [5.41, 5.74) is 2.06. The summed E-state index contributed by atoms with van der Waals surface area (Å²) in [7, 11) is -3.86. The number of sulfonamides is 1. The van der Waals surface area contributed by atoms with Gasteiger partial charge in [0.2, 0.25) is 0 Å². The van der Waals surface area contributed by atoms with Gasteiger partial charge in [-0.25, -0.2) is 17.8 Å². The van der Waals surface area contributed by atoms with Crippen molar-refractivity contribution in [1.29, 1.82) is 0 Å². The smallest absolute Gasteiger partial charge is 0.261 e. The van der Waals surface area contributed by atoms with Crippen LogP contribution in [0.2, 0.25) is 5.02 Å². The van der Waals surface area contributed by atoms with Crippen LogP contribution in [0.3, 0.4) is 0 Å².